The van der Waals surface area contributed by atoms with Gasteiger partial charge in [-0.2, -0.15) is 0 Å². The molecular formula is C17H16N2O3. The van der Waals surface area contributed by atoms with Gasteiger partial charge < -0.3 is 14.1 Å². The van der Waals surface area contributed by atoms with Gasteiger partial charge in [0.05, 0.1) is 5.56 Å². The van der Waals surface area contributed by atoms with Crippen molar-refractivity contribution in [3.05, 3.63) is 60.0 Å². The van der Waals surface area contributed by atoms with E-state index in [1.54, 1.807) is 12.1 Å². The second-order valence-corrected chi connectivity index (χ2v) is 5.10. The van der Waals surface area contributed by atoms with Gasteiger partial charge in [-0.05, 0) is 30.3 Å². The quantitative estimate of drug-likeness (QED) is 0.692. The second kappa shape index (κ2) is 5.89. The highest BCUT2D eigenvalue weighted by molar-refractivity contribution is 5.90. The molecule has 22 heavy (non-hydrogen) atoms. The van der Waals surface area contributed by atoms with Crippen LogP contribution in [0.25, 0.3) is 11.1 Å². The van der Waals surface area contributed by atoms with Gasteiger partial charge in [-0.1, -0.05) is 18.2 Å². The highest BCUT2D eigenvalue weighted by Crippen LogP contribution is 2.17. The molecule has 1 aromatic heterocycles. The molecule has 0 saturated carbocycles. The third kappa shape index (κ3) is 2.93. The van der Waals surface area contributed by atoms with E-state index in [0.29, 0.717) is 17.0 Å². The van der Waals surface area contributed by atoms with Gasteiger partial charge in [0.1, 0.15) is 5.52 Å². The third-order valence-electron chi connectivity index (χ3n) is 3.26. The van der Waals surface area contributed by atoms with Gasteiger partial charge in [0.15, 0.2) is 12.2 Å². The molecule has 1 heterocycles. The number of aromatic nitrogens is 1. The number of para-hydroxylation sites is 2. The number of carbonyl (C=O) groups is 1. The number of anilines is 1. The molecule has 0 aliphatic heterocycles. The van der Waals surface area contributed by atoms with Crippen LogP contribution in [-0.2, 0) is 11.3 Å². The predicted molar refractivity (Wildman–Crippen MR) is 83.9 cm³/mol. The SMILES string of the molecule is CN(C)c1cccc(C(=O)OCc2nc3ccccc3o2)c1. The first kappa shape index (κ1) is 14.1. The number of rotatable bonds is 4. The molecule has 0 radical (unpaired) electrons. The fourth-order valence-corrected chi connectivity index (χ4v) is 2.10. The van der Waals surface area contributed by atoms with Gasteiger partial charge >= 0.3 is 5.97 Å². The van der Waals surface area contributed by atoms with Crippen LogP contribution in [0.3, 0.4) is 0 Å². The zero-order valence-corrected chi connectivity index (χ0v) is 12.4. The van der Waals surface area contributed by atoms with Crippen molar-refractivity contribution in [2.45, 2.75) is 6.61 Å². The Morgan fingerprint density at radius 2 is 2.00 bits per heavy atom. The minimum absolute atomic E-state index is 0.0136. The summed E-state index contributed by atoms with van der Waals surface area (Å²) in [7, 11) is 3.84. The number of oxazole rings is 1. The molecule has 0 bridgehead atoms. The summed E-state index contributed by atoms with van der Waals surface area (Å²) < 4.78 is 10.8. The smallest absolute Gasteiger partial charge is 0.338 e. The predicted octanol–water partition coefficient (Wildman–Crippen LogP) is 3.25. The molecule has 2 aromatic carbocycles. The maximum absolute atomic E-state index is 12.1. The van der Waals surface area contributed by atoms with E-state index >= 15 is 0 Å². The summed E-state index contributed by atoms with van der Waals surface area (Å²) in [6, 6.07) is 14.7. The number of hydrogen-bond acceptors (Lipinski definition) is 5. The van der Waals surface area contributed by atoms with E-state index in [4.69, 9.17) is 9.15 Å². The van der Waals surface area contributed by atoms with Crippen molar-refractivity contribution in [3.8, 4) is 0 Å². The number of benzene rings is 2. The largest absolute Gasteiger partial charge is 0.452 e. The van der Waals surface area contributed by atoms with Gasteiger partial charge in [-0.3, -0.25) is 0 Å². The van der Waals surface area contributed by atoms with E-state index in [2.05, 4.69) is 4.98 Å². The maximum atomic E-state index is 12.1. The first-order chi connectivity index (χ1) is 10.6. The molecule has 0 N–H and O–H groups in total. The van der Waals surface area contributed by atoms with Crippen LogP contribution in [0.1, 0.15) is 16.2 Å². The Morgan fingerprint density at radius 3 is 2.77 bits per heavy atom. The fourth-order valence-electron chi connectivity index (χ4n) is 2.10. The normalized spacial score (nSPS) is 10.6. The average molecular weight is 296 g/mol. The lowest BCUT2D eigenvalue weighted by molar-refractivity contribution is 0.0440. The molecule has 0 amide bonds. The van der Waals surface area contributed by atoms with E-state index < -0.39 is 5.97 Å². The van der Waals surface area contributed by atoms with Crippen LogP contribution in [0, 0.1) is 0 Å². The van der Waals surface area contributed by atoms with E-state index in [9.17, 15) is 4.79 Å². The molecule has 0 aliphatic carbocycles. The molecule has 5 nitrogen and oxygen atoms in total. The number of ether oxygens (including phenoxy) is 1. The Balaban J connectivity index is 1.70. The van der Waals surface area contributed by atoms with Crippen molar-refractivity contribution in [1.29, 1.82) is 0 Å². The van der Waals surface area contributed by atoms with E-state index in [-0.39, 0.29) is 6.61 Å². The molecule has 5 heteroatoms. The Hall–Kier alpha value is -2.82. The van der Waals surface area contributed by atoms with Crippen LogP contribution >= 0.6 is 0 Å². The third-order valence-corrected chi connectivity index (χ3v) is 3.26. The van der Waals surface area contributed by atoms with Crippen LogP contribution in [0.4, 0.5) is 5.69 Å². The molecule has 0 spiro atoms. The summed E-state index contributed by atoms with van der Waals surface area (Å²) in [6.07, 6.45) is 0. The standard InChI is InChI=1S/C17H16N2O3/c1-19(2)13-7-5-6-12(10-13)17(20)21-11-16-18-14-8-3-4-9-15(14)22-16/h3-10H,11H2,1-2H3. The summed E-state index contributed by atoms with van der Waals surface area (Å²) in [5, 5.41) is 0. The van der Waals surface area contributed by atoms with Gasteiger partial charge in [-0.25, -0.2) is 9.78 Å². The molecular weight excluding hydrogens is 280 g/mol. The molecule has 3 aromatic rings. The topological polar surface area (TPSA) is 55.6 Å². The van der Waals surface area contributed by atoms with Crippen LogP contribution in [0.15, 0.2) is 52.9 Å². The molecule has 3 rings (SSSR count). The lowest BCUT2D eigenvalue weighted by atomic mass is 10.2. The van der Waals surface area contributed by atoms with Crippen LogP contribution < -0.4 is 4.90 Å². The number of nitrogens with zero attached hydrogens (tertiary/aromatic N) is 2. The summed E-state index contributed by atoms with van der Waals surface area (Å²) in [5.74, 6) is -0.00993. The van der Waals surface area contributed by atoms with E-state index in [1.807, 2.05) is 55.4 Å². The number of hydrogen-bond donors (Lipinski definition) is 0. The minimum atomic E-state index is -0.397. The Labute approximate surface area is 128 Å². The Morgan fingerprint density at radius 1 is 1.18 bits per heavy atom. The minimum Gasteiger partial charge on any atom is -0.452 e. The average Bonchev–Trinajstić information content (AvgIpc) is 2.95. The van der Waals surface area contributed by atoms with Gasteiger partial charge in [-0.15, -0.1) is 0 Å². The van der Waals surface area contributed by atoms with Crippen LogP contribution in [0.2, 0.25) is 0 Å². The number of carbonyl (C=O) groups excluding carboxylic acids is 1. The first-order valence-electron chi connectivity index (χ1n) is 6.92. The molecule has 0 atom stereocenters. The lowest BCUT2D eigenvalue weighted by Crippen LogP contribution is -2.11. The summed E-state index contributed by atoms with van der Waals surface area (Å²) in [4.78, 5) is 18.3. The van der Waals surface area contributed by atoms with Crippen molar-refractivity contribution < 1.29 is 13.9 Å². The van der Waals surface area contributed by atoms with Crippen molar-refractivity contribution >= 4 is 22.8 Å². The van der Waals surface area contributed by atoms with Crippen molar-refractivity contribution in [3.63, 3.8) is 0 Å². The first-order valence-corrected chi connectivity index (χ1v) is 6.92. The molecule has 0 unspecified atom stereocenters. The number of esters is 1. The van der Waals surface area contributed by atoms with Crippen molar-refractivity contribution in [2.75, 3.05) is 19.0 Å². The van der Waals surface area contributed by atoms with Gasteiger partial charge in [0, 0.05) is 19.8 Å². The van der Waals surface area contributed by atoms with Crippen LogP contribution in [0.5, 0.6) is 0 Å². The van der Waals surface area contributed by atoms with Gasteiger partial charge in [0.25, 0.3) is 0 Å². The highest BCUT2D eigenvalue weighted by Gasteiger charge is 2.11. The summed E-state index contributed by atoms with van der Waals surface area (Å²) >= 11 is 0. The van der Waals surface area contributed by atoms with E-state index in [0.717, 1.165) is 11.2 Å². The van der Waals surface area contributed by atoms with Crippen LogP contribution in [-0.4, -0.2) is 25.0 Å². The fraction of sp³-hybridized carbons (Fsp3) is 0.176. The van der Waals surface area contributed by atoms with Gasteiger partial charge in [0.2, 0.25) is 5.89 Å². The number of fused-ring (bicyclic) bond motifs is 1. The molecule has 0 saturated heterocycles. The van der Waals surface area contributed by atoms with E-state index in [1.165, 1.54) is 0 Å². The highest BCUT2D eigenvalue weighted by atomic mass is 16.5. The maximum Gasteiger partial charge on any atom is 0.338 e. The zero-order chi connectivity index (χ0) is 15.5. The molecule has 112 valence electrons. The Bertz CT molecular complexity index is 775. The molecule has 0 fully saturated rings. The summed E-state index contributed by atoms with van der Waals surface area (Å²) in [6.45, 7) is 0.0136. The Kier molecular flexibility index (Phi) is 3.78. The lowest BCUT2D eigenvalue weighted by Gasteiger charge is -2.13. The summed E-state index contributed by atoms with van der Waals surface area (Å²) in [5.41, 5.74) is 2.88. The van der Waals surface area contributed by atoms with Crippen molar-refractivity contribution in [1.82, 2.24) is 4.98 Å². The zero-order valence-electron chi connectivity index (χ0n) is 12.4. The monoisotopic (exact) mass is 296 g/mol. The molecule has 0 aliphatic rings. The second-order valence-electron chi connectivity index (χ2n) is 5.10. The van der Waals surface area contributed by atoms with Crippen molar-refractivity contribution in [2.24, 2.45) is 0 Å².